The Kier molecular flexibility index (Phi) is 5.80. The Labute approximate surface area is 179 Å². The third kappa shape index (κ3) is 4.80. The Morgan fingerprint density at radius 2 is 1.84 bits per heavy atom. The van der Waals surface area contributed by atoms with E-state index in [-0.39, 0.29) is 17.4 Å². The van der Waals surface area contributed by atoms with Crippen molar-refractivity contribution in [1.29, 1.82) is 0 Å². The highest BCUT2D eigenvalue weighted by molar-refractivity contribution is 6.12. The summed E-state index contributed by atoms with van der Waals surface area (Å²) < 4.78 is 29.7. The molecule has 31 heavy (non-hydrogen) atoms. The standard InChI is InChI=1S/C25H20FNO4/c1-16-4-3-5-18(12-16)15-30-23-14-17(6-11-22(23)29-2)13-21-25(28)31-24(27-21)19-7-9-20(26)10-8-19/h3-14H,15H2,1-2H3/b21-13+. The summed E-state index contributed by atoms with van der Waals surface area (Å²) in [6, 6.07) is 19.0. The lowest BCUT2D eigenvalue weighted by atomic mass is 10.1. The first-order valence-corrected chi connectivity index (χ1v) is 9.67. The molecule has 3 aromatic rings. The summed E-state index contributed by atoms with van der Waals surface area (Å²) in [5, 5.41) is 0. The topological polar surface area (TPSA) is 57.1 Å². The molecular formula is C25H20FNO4. The van der Waals surface area contributed by atoms with Crippen LogP contribution in [0.1, 0.15) is 22.3 Å². The fraction of sp³-hybridized carbons (Fsp3) is 0.120. The first-order chi connectivity index (χ1) is 15.0. The maximum atomic E-state index is 13.1. The van der Waals surface area contributed by atoms with Crippen molar-refractivity contribution in [3.05, 3.63) is 100 Å². The van der Waals surface area contributed by atoms with Gasteiger partial charge in [-0.1, -0.05) is 35.9 Å². The third-order valence-corrected chi connectivity index (χ3v) is 4.68. The number of carbonyl (C=O) groups excluding carboxylic acids is 1. The van der Waals surface area contributed by atoms with E-state index in [2.05, 4.69) is 11.1 Å². The zero-order chi connectivity index (χ0) is 21.8. The summed E-state index contributed by atoms with van der Waals surface area (Å²) in [5.74, 6) is 0.325. The average molecular weight is 417 g/mol. The van der Waals surface area contributed by atoms with Crippen LogP contribution in [0, 0.1) is 12.7 Å². The number of halogens is 1. The van der Waals surface area contributed by atoms with Gasteiger partial charge in [0.15, 0.2) is 17.2 Å². The molecule has 1 aliphatic rings. The molecule has 0 aliphatic carbocycles. The SMILES string of the molecule is COc1ccc(/C=C2/N=C(c3ccc(F)cc3)OC2=O)cc1OCc1cccc(C)c1. The molecule has 0 fully saturated rings. The van der Waals surface area contributed by atoms with Crippen molar-refractivity contribution >= 4 is 17.9 Å². The number of nitrogens with zero attached hydrogens (tertiary/aromatic N) is 1. The molecule has 0 saturated carbocycles. The third-order valence-electron chi connectivity index (χ3n) is 4.68. The molecule has 1 heterocycles. The Bertz CT molecular complexity index is 1180. The average Bonchev–Trinajstić information content (AvgIpc) is 3.13. The van der Waals surface area contributed by atoms with Gasteiger partial charge in [-0.15, -0.1) is 0 Å². The summed E-state index contributed by atoms with van der Waals surface area (Å²) in [6.45, 7) is 2.41. The van der Waals surface area contributed by atoms with Gasteiger partial charge in [0.25, 0.3) is 0 Å². The van der Waals surface area contributed by atoms with Crippen LogP contribution in [0.15, 0.2) is 77.4 Å². The number of ether oxygens (including phenoxy) is 3. The summed E-state index contributed by atoms with van der Waals surface area (Å²) >= 11 is 0. The molecule has 0 unspecified atom stereocenters. The maximum Gasteiger partial charge on any atom is 0.363 e. The fourth-order valence-corrected chi connectivity index (χ4v) is 3.14. The second-order valence-corrected chi connectivity index (χ2v) is 7.03. The van der Waals surface area contributed by atoms with Crippen LogP contribution in [0.3, 0.4) is 0 Å². The highest BCUT2D eigenvalue weighted by Crippen LogP contribution is 2.30. The van der Waals surface area contributed by atoms with Gasteiger partial charge in [-0.2, -0.15) is 0 Å². The number of aryl methyl sites for hydroxylation is 1. The highest BCUT2D eigenvalue weighted by Gasteiger charge is 2.24. The molecule has 0 radical (unpaired) electrons. The minimum absolute atomic E-state index is 0.140. The molecule has 0 spiro atoms. The number of carbonyl (C=O) groups is 1. The van der Waals surface area contributed by atoms with Gasteiger partial charge in [-0.05, 0) is 60.5 Å². The first kappa shape index (κ1) is 20.3. The van der Waals surface area contributed by atoms with E-state index in [9.17, 15) is 9.18 Å². The number of methoxy groups -OCH3 is 1. The molecule has 156 valence electrons. The van der Waals surface area contributed by atoms with Gasteiger partial charge in [0.1, 0.15) is 12.4 Å². The van der Waals surface area contributed by atoms with Crippen molar-refractivity contribution in [2.45, 2.75) is 13.5 Å². The van der Waals surface area contributed by atoms with Crippen LogP contribution >= 0.6 is 0 Å². The predicted octanol–water partition coefficient (Wildman–Crippen LogP) is 5.07. The number of benzene rings is 3. The number of hydrogen-bond acceptors (Lipinski definition) is 5. The second kappa shape index (κ2) is 8.83. The normalized spacial score (nSPS) is 14.4. The van der Waals surface area contributed by atoms with Crippen LogP contribution in [0.2, 0.25) is 0 Å². The van der Waals surface area contributed by atoms with Crippen molar-refractivity contribution in [3.8, 4) is 11.5 Å². The van der Waals surface area contributed by atoms with Crippen molar-refractivity contribution in [2.75, 3.05) is 7.11 Å². The van der Waals surface area contributed by atoms with E-state index in [1.165, 1.54) is 24.3 Å². The lowest BCUT2D eigenvalue weighted by Gasteiger charge is -2.12. The molecule has 0 N–H and O–H groups in total. The van der Waals surface area contributed by atoms with E-state index in [1.807, 2.05) is 25.1 Å². The van der Waals surface area contributed by atoms with E-state index in [4.69, 9.17) is 14.2 Å². The molecule has 0 atom stereocenters. The van der Waals surface area contributed by atoms with E-state index in [0.29, 0.717) is 29.2 Å². The van der Waals surface area contributed by atoms with E-state index < -0.39 is 5.97 Å². The number of esters is 1. The zero-order valence-corrected chi connectivity index (χ0v) is 17.1. The maximum absolute atomic E-state index is 13.1. The van der Waals surface area contributed by atoms with Gasteiger partial charge in [0.05, 0.1) is 7.11 Å². The van der Waals surface area contributed by atoms with Gasteiger partial charge in [0.2, 0.25) is 5.90 Å². The second-order valence-electron chi connectivity index (χ2n) is 7.03. The van der Waals surface area contributed by atoms with Gasteiger partial charge in [-0.25, -0.2) is 14.2 Å². The minimum Gasteiger partial charge on any atom is -0.493 e. The summed E-state index contributed by atoms with van der Waals surface area (Å²) in [6.07, 6.45) is 1.61. The Morgan fingerprint density at radius 3 is 2.58 bits per heavy atom. The van der Waals surface area contributed by atoms with Crippen molar-refractivity contribution in [3.63, 3.8) is 0 Å². The molecule has 1 aliphatic heterocycles. The molecule has 5 nitrogen and oxygen atoms in total. The van der Waals surface area contributed by atoms with Crippen LogP contribution in [0.25, 0.3) is 6.08 Å². The molecule has 4 rings (SSSR count). The molecule has 3 aromatic carbocycles. The molecule has 6 heteroatoms. The van der Waals surface area contributed by atoms with E-state index in [0.717, 1.165) is 11.1 Å². The fourth-order valence-electron chi connectivity index (χ4n) is 3.14. The number of hydrogen-bond donors (Lipinski definition) is 0. The lowest BCUT2D eigenvalue weighted by Crippen LogP contribution is -2.05. The Balaban J connectivity index is 1.57. The first-order valence-electron chi connectivity index (χ1n) is 9.67. The van der Waals surface area contributed by atoms with E-state index in [1.54, 1.807) is 31.4 Å². The number of aliphatic imine (C=N–C) groups is 1. The van der Waals surface area contributed by atoms with Gasteiger partial charge in [0, 0.05) is 5.56 Å². The Morgan fingerprint density at radius 1 is 1.03 bits per heavy atom. The molecule has 0 saturated heterocycles. The number of rotatable bonds is 6. The van der Waals surface area contributed by atoms with E-state index >= 15 is 0 Å². The van der Waals surface area contributed by atoms with Crippen molar-refractivity contribution in [1.82, 2.24) is 0 Å². The summed E-state index contributed by atoms with van der Waals surface area (Å²) in [5.41, 5.74) is 3.57. The highest BCUT2D eigenvalue weighted by atomic mass is 19.1. The number of cyclic esters (lactones) is 1. The molecule has 0 amide bonds. The van der Waals surface area contributed by atoms with Crippen LogP contribution in [-0.4, -0.2) is 19.0 Å². The monoisotopic (exact) mass is 417 g/mol. The lowest BCUT2D eigenvalue weighted by molar-refractivity contribution is -0.129. The smallest absolute Gasteiger partial charge is 0.363 e. The van der Waals surface area contributed by atoms with Crippen LogP contribution in [-0.2, 0) is 16.1 Å². The molecule has 0 bridgehead atoms. The predicted molar refractivity (Wildman–Crippen MR) is 116 cm³/mol. The van der Waals surface area contributed by atoms with Gasteiger partial charge in [-0.3, -0.25) is 0 Å². The van der Waals surface area contributed by atoms with Crippen LogP contribution in [0.5, 0.6) is 11.5 Å². The van der Waals surface area contributed by atoms with Gasteiger partial charge >= 0.3 is 5.97 Å². The molecule has 0 aromatic heterocycles. The quantitative estimate of drug-likeness (QED) is 0.415. The van der Waals surface area contributed by atoms with Crippen LogP contribution in [0.4, 0.5) is 4.39 Å². The van der Waals surface area contributed by atoms with Gasteiger partial charge < -0.3 is 14.2 Å². The van der Waals surface area contributed by atoms with Crippen molar-refractivity contribution < 1.29 is 23.4 Å². The Hall–Kier alpha value is -3.93. The molecular weight excluding hydrogens is 397 g/mol. The summed E-state index contributed by atoms with van der Waals surface area (Å²) in [4.78, 5) is 16.5. The summed E-state index contributed by atoms with van der Waals surface area (Å²) in [7, 11) is 1.57. The van der Waals surface area contributed by atoms with Crippen molar-refractivity contribution in [2.24, 2.45) is 4.99 Å². The largest absolute Gasteiger partial charge is 0.493 e. The van der Waals surface area contributed by atoms with Crippen LogP contribution < -0.4 is 9.47 Å². The zero-order valence-electron chi connectivity index (χ0n) is 17.1. The minimum atomic E-state index is -0.572.